The number of benzene rings is 1. The summed E-state index contributed by atoms with van der Waals surface area (Å²) in [5, 5.41) is 7.29. The van der Waals surface area contributed by atoms with E-state index in [1.165, 1.54) is 0 Å². The molecule has 3 N–H and O–H groups in total. The second-order valence-corrected chi connectivity index (χ2v) is 6.92. The Morgan fingerprint density at radius 1 is 1.38 bits per heavy atom. The van der Waals surface area contributed by atoms with Gasteiger partial charge in [-0.05, 0) is 38.0 Å². The topological polar surface area (TPSA) is 117 Å². The van der Waals surface area contributed by atoms with Gasteiger partial charge in [0.05, 0.1) is 17.8 Å². The zero-order chi connectivity index (χ0) is 20.5. The molecule has 29 heavy (non-hydrogen) atoms. The number of nitrogens with two attached hydrogens (primary N) is 1. The summed E-state index contributed by atoms with van der Waals surface area (Å²) in [6.07, 6.45) is 3.54. The maximum absolute atomic E-state index is 13.0. The summed E-state index contributed by atoms with van der Waals surface area (Å²) in [5.41, 5.74) is 8.23. The average Bonchev–Trinajstić information content (AvgIpc) is 3.23. The number of carbonyl (C=O) groups excluding carboxylic acids is 2. The van der Waals surface area contributed by atoms with Crippen molar-refractivity contribution in [1.29, 1.82) is 0 Å². The summed E-state index contributed by atoms with van der Waals surface area (Å²) in [5.74, 6) is 0.0730. The number of nitrogens with one attached hydrogen (secondary N) is 1. The first-order valence-electron chi connectivity index (χ1n) is 9.41. The predicted molar refractivity (Wildman–Crippen MR) is 108 cm³/mol. The number of aryl methyl sites for hydroxylation is 2. The molecule has 1 aliphatic rings. The molecule has 150 valence electrons. The number of aromatic nitrogens is 4. The molecular formula is C20H22N6O3. The van der Waals surface area contributed by atoms with E-state index < -0.39 is 5.91 Å². The molecule has 0 bridgehead atoms. The van der Waals surface area contributed by atoms with Gasteiger partial charge < -0.3 is 15.0 Å². The number of allylic oxidation sites excluding steroid dienone is 1. The number of anilines is 1. The van der Waals surface area contributed by atoms with Crippen molar-refractivity contribution in [3.8, 4) is 5.75 Å². The predicted octanol–water partition coefficient (Wildman–Crippen LogP) is 2.25. The number of unbranched alkanes of at least 4 members (excludes halogenated alkanes) is 1. The van der Waals surface area contributed by atoms with E-state index in [2.05, 4.69) is 22.0 Å². The van der Waals surface area contributed by atoms with Crippen molar-refractivity contribution in [3.63, 3.8) is 0 Å². The van der Waals surface area contributed by atoms with Crippen molar-refractivity contribution in [2.24, 2.45) is 5.73 Å². The van der Waals surface area contributed by atoms with E-state index in [4.69, 9.17) is 10.5 Å². The lowest BCUT2D eigenvalue weighted by Crippen LogP contribution is -2.22. The molecule has 0 fully saturated rings. The Balaban J connectivity index is 1.67. The van der Waals surface area contributed by atoms with Gasteiger partial charge in [-0.25, -0.2) is 4.98 Å². The number of imidazole rings is 1. The molecule has 1 aromatic carbocycles. The fourth-order valence-corrected chi connectivity index (χ4v) is 3.49. The second-order valence-electron chi connectivity index (χ2n) is 6.92. The largest absolute Gasteiger partial charge is 0.489 e. The van der Waals surface area contributed by atoms with Crippen LogP contribution < -0.4 is 15.8 Å². The molecule has 0 aliphatic carbocycles. The molecule has 4 rings (SSSR count). The molecule has 2 amide bonds. The highest BCUT2D eigenvalue weighted by Gasteiger charge is 2.23. The number of ether oxygens (including phenoxy) is 1. The van der Waals surface area contributed by atoms with E-state index >= 15 is 0 Å². The van der Waals surface area contributed by atoms with Crippen molar-refractivity contribution >= 4 is 28.8 Å². The average molecular weight is 394 g/mol. The summed E-state index contributed by atoms with van der Waals surface area (Å²) in [7, 11) is 0. The number of hydrogen-bond donors (Lipinski definition) is 2. The van der Waals surface area contributed by atoms with Gasteiger partial charge in [-0.1, -0.05) is 6.08 Å². The third-order valence-electron chi connectivity index (χ3n) is 4.80. The van der Waals surface area contributed by atoms with Gasteiger partial charge in [0.2, 0.25) is 11.9 Å². The van der Waals surface area contributed by atoms with Crippen LogP contribution in [0.1, 0.15) is 39.4 Å². The fourth-order valence-electron chi connectivity index (χ4n) is 3.49. The van der Waals surface area contributed by atoms with Gasteiger partial charge in [0.25, 0.3) is 5.91 Å². The van der Waals surface area contributed by atoms with Gasteiger partial charge in [-0.2, -0.15) is 5.10 Å². The minimum atomic E-state index is -0.559. The van der Waals surface area contributed by atoms with Crippen molar-refractivity contribution in [1.82, 2.24) is 19.3 Å². The van der Waals surface area contributed by atoms with E-state index in [9.17, 15) is 9.59 Å². The van der Waals surface area contributed by atoms with E-state index in [-0.39, 0.29) is 5.91 Å². The lowest BCUT2D eigenvalue weighted by molar-refractivity contribution is 0.0995. The minimum absolute atomic E-state index is 0.293. The van der Waals surface area contributed by atoms with Crippen LogP contribution in [0.4, 0.5) is 5.95 Å². The SMILES string of the molecule is C=CCCCn1nc(C)cc1C(=O)Nc1nc2cc(C(N)=O)cc3c2n1CCO3. The lowest BCUT2D eigenvalue weighted by Gasteiger charge is -2.18. The molecule has 0 saturated carbocycles. The molecule has 3 aromatic rings. The molecule has 9 nitrogen and oxygen atoms in total. The van der Waals surface area contributed by atoms with Crippen LogP contribution in [0, 0.1) is 6.92 Å². The molecule has 0 saturated heterocycles. The number of carbonyl (C=O) groups is 2. The van der Waals surface area contributed by atoms with Crippen LogP contribution >= 0.6 is 0 Å². The third kappa shape index (κ3) is 3.46. The molecule has 0 atom stereocenters. The van der Waals surface area contributed by atoms with Crippen LogP contribution in [0.2, 0.25) is 0 Å². The monoisotopic (exact) mass is 394 g/mol. The minimum Gasteiger partial charge on any atom is -0.489 e. The number of hydrogen-bond acceptors (Lipinski definition) is 5. The summed E-state index contributed by atoms with van der Waals surface area (Å²) in [6, 6.07) is 4.96. The van der Waals surface area contributed by atoms with Crippen molar-refractivity contribution in [2.75, 3.05) is 11.9 Å². The van der Waals surface area contributed by atoms with Crippen LogP contribution in [0.15, 0.2) is 30.9 Å². The summed E-state index contributed by atoms with van der Waals surface area (Å²) >= 11 is 0. The zero-order valence-electron chi connectivity index (χ0n) is 16.1. The standard InChI is InChI=1S/C20H22N6O3/c1-3-4-5-6-26-15(9-12(2)24-26)19(28)23-20-22-14-10-13(18(21)27)11-16-17(14)25(20)7-8-29-16/h3,9-11H,1,4-8H2,2H3,(H2,21,27)(H,22,23,28). The highest BCUT2D eigenvalue weighted by atomic mass is 16.5. The quantitative estimate of drug-likeness (QED) is 0.471. The Morgan fingerprint density at radius 2 is 2.21 bits per heavy atom. The van der Waals surface area contributed by atoms with Gasteiger partial charge in [-0.15, -0.1) is 6.58 Å². The molecule has 1 aliphatic heterocycles. The smallest absolute Gasteiger partial charge is 0.276 e. The Kier molecular flexibility index (Phi) is 4.79. The Morgan fingerprint density at radius 3 is 2.97 bits per heavy atom. The normalized spacial score (nSPS) is 12.6. The number of amides is 2. The van der Waals surface area contributed by atoms with Crippen LogP contribution in [-0.4, -0.2) is 37.8 Å². The first-order chi connectivity index (χ1) is 14.0. The van der Waals surface area contributed by atoms with Crippen LogP contribution in [0.25, 0.3) is 11.0 Å². The van der Waals surface area contributed by atoms with Gasteiger partial charge >= 0.3 is 0 Å². The fraction of sp³-hybridized carbons (Fsp3) is 0.300. The van der Waals surface area contributed by atoms with Crippen LogP contribution in [0.3, 0.4) is 0 Å². The first-order valence-corrected chi connectivity index (χ1v) is 9.41. The molecule has 0 unspecified atom stereocenters. The number of primary amides is 1. The highest BCUT2D eigenvalue weighted by molar-refractivity contribution is 6.04. The molecule has 9 heteroatoms. The molecular weight excluding hydrogens is 372 g/mol. The van der Waals surface area contributed by atoms with E-state index in [1.807, 2.05) is 17.6 Å². The van der Waals surface area contributed by atoms with Crippen molar-refractivity contribution in [3.05, 3.63) is 47.8 Å². The first kappa shape index (κ1) is 18.7. The van der Waals surface area contributed by atoms with Gasteiger partial charge in [-0.3, -0.25) is 19.6 Å². The number of rotatable bonds is 7. The summed E-state index contributed by atoms with van der Waals surface area (Å²) in [4.78, 5) is 29.0. The summed E-state index contributed by atoms with van der Waals surface area (Å²) in [6.45, 7) is 7.13. The maximum Gasteiger partial charge on any atom is 0.276 e. The van der Waals surface area contributed by atoms with Crippen LogP contribution in [-0.2, 0) is 13.1 Å². The van der Waals surface area contributed by atoms with Gasteiger partial charge in [0.15, 0.2) is 0 Å². The van der Waals surface area contributed by atoms with E-state index in [1.54, 1.807) is 22.9 Å². The van der Waals surface area contributed by atoms with Crippen molar-refractivity contribution in [2.45, 2.75) is 32.9 Å². The van der Waals surface area contributed by atoms with Gasteiger partial charge in [0, 0.05) is 12.1 Å². The lowest BCUT2D eigenvalue weighted by atomic mass is 10.1. The zero-order valence-corrected chi connectivity index (χ0v) is 16.1. The highest BCUT2D eigenvalue weighted by Crippen LogP contribution is 2.33. The molecule has 0 radical (unpaired) electrons. The van der Waals surface area contributed by atoms with Gasteiger partial charge in [0.1, 0.15) is 23.6 Å². The third-order valence-corrected chi connectivity index (χ3v) is 4.80. The second kappa shape index (κ2) is 7.42. The van der Waals surface area contributed by atoms with Crippen LogP contribution in [0.5, 0.6) is 5.75 Å². The van der Waals surface area contributed by atoms with Crippen molar-refractivity contribution < 1.29 is 14.3 Å². The maximum atomic E-state index is 13.0. The molecule has 0 spiro atoms. The Labute approximate surface area is 167 Å². The van der Waals surface area contributed by atoms with E-state index in [0.29, 0.717) is 48.2 Å². The Bertz CT molecular complexity index is 1130. The molecule has 2 aromatic heterocycles. The summed E-state index contributed by atoms with van der Waals surface area (Å²) < 4.78 is 9.24. The van der Waals surface area contributed by atoms with E-state index in [0.717, 1.165) is 24.1 Å². The number of nitrogens with zero attached hydrogens (tertiary/aromatic N) is 4. The molecule has 3 heterocycles. The Hall–Kier alpha value is -3.62.